The molecule has 31 heavy (non-hydrogen) atoms. The van der Waals surface area contributed by atoms with Gasteiger partial charge < -0.3 is 24.8 Å². The summed E-state index contributed by atoms with van der Waals surface area (Å²) >= 11 is 0. The number of likely N-dealkylation sites (tertiary alicyclic amines) is 1. The molecule has 3 unspecified atom stereocenters. The Balaban J connectivity index is 1.55. The number of hydrogen-bond acceptors (Lipinski definition) is 5. The van der Waals surface area contributed by atoms with Crippen molar-refractivity contribution in [3.05, 3.63) is 65.2 Å². The molecule has 166 valence electrons. The number of aliphatic hydroxyl groups is 1. The van der Waals surface area contributed by atoms with Crippen molar-refractivity contribution in [2.45, 2.75) is 57.7 Å². The number of rotatable bonds is 6. The van der Waals surface area contributed by atoms with Crippen LogP contribution in [0.25, 0.3) is 0 Å². The Bertz CT molecular complexity index is 864. The van der Waals surface area contributed by atoms with Gasteiger partial charge in [-0.3, -0.25) is 4.79 Å². The van der Waals surface area contributed by atoms with Gasteiger partial charge in [0, 0.05) is 31.1 Å². The lowest BCUT2D eigenvalue weighted by molar-refractivity contribution is -0.253. The quantitative estimate of drug-likeness (QED) is 0.728. The minimum Gasteiger partial charge on any atom is -0.392 e. The fourth-order valence-corrected chi connectivity index (χ4v) is 4.43. The molecular formula is C25H32N2O4. The van der Waals surface area contributed by atoms with Crippen molar-refractivity contribution >= 4 is 11.6 Å². The van der Waals surface area contributed by atoms with Crippen molar-refractivity contribution in [3.63, 3.8) is 0 Å². The van der Waals surface area contributed by atoms with Crippen LogP contribution < -0.4 is 5.32 Å². The Kier molecular flexibility index (Phi) is 7.35. The number of carbonyl (C=O) groups is 1. The van der Waals surface area contributed by atoms with Crippen LogP contribution in [0.3, 0.4) is 0 Å². The van der Waals surface area contributed by atoms with Gasteiger partial charge in [0.1, 0.15) is 0 Å². The van der Waals surface area contributed by atoms with E-state index in [9.17, 15) is 9.90 Å². The topological polar surface area (TPSA) is 71.0 Å². The van der Waals surface area contributed by atoms with Crippen LogP contribution in [0.2, 0.25) is 0 Å². The molecule has 3 atom stereocenters. The third-order valence-electron chi connectivity index (χ3n) is 6.00. The zero-order valence-electron chi connectivity index (χ0n) is 18.1. The van der Waals surface area contributed by atoms with Gasteiger partial charge in [0.2, 0.25) is 5.91 Å². The number of ether oxygens (including phenoxy) is 2. The normalized spacial score (nSPS) is 24.6. The minimum absolute atomic E-state index is 0.0328. The number of carbonyl (C=O) groups excluding carboxylic acids is 1. The second-order valence-electron chi connectivity index (χ2n) is 8.52. The molecule has 0 aromatic heterocycles. The molecule has 0 spiro atoms. The SMILES string of the molecule is CC(=O)Nc1cccc(C2OC(CN3CCCCC3)CC(c3ccc(CO)cc3)O2)c1. The number of anilines is 1. The molecule has 1 amide bonds. The molecule has 2 aromatic rings. The molecule has 0 bridgehead atoms. The van der Waals surface area contributed by atoms with E-state index in [0.29, 0.717) is 0 Å². The Labute approximate surface area is 184 Å². The fraction of sp³-hybridized carbons (Fsp3) is 0.480. The fourth-order valence-electron chi connectivity index (χ4n) is 4.43. The molecule has 2 heterocycles. The Morgan fingerprint density at radius 3 is 2.55 bits per heavy atom. The molecule has 6 heteroatoms. The van der Waals surface area contributed by atoms with Crippen molar-refractivity contribution < 1.29 is 19.4 Å². The molecule has 2 aliphatic rings. The van der Waals surface area contributed by atoms with Crippen molar-refractivity contribution in [1.29, 1.82) is 0 Å². The maximum Gasteiger partial charge on any atom is 0.221 e. The van der Waals surface area contributed by atoms with Crippen LogP contribution in [-0.2, 0) is 20.9 Å². The molecule has 2 fully saturated rings. The molecule has 2 N–H and O–H groups in total. The van der Waals surface area contributed by atoms with Gasteiger partial charge in [0.25, 0.3) is 0 Å². The molecule has 0 saturated carbocycles. The van der Waals surface area contributed by atoms with Gasteiger partial charge in [0.05, 0.1) is 18.8 Å². The van der Waals surface area contributed by atoms with Crippen molar-refractivity contribution in [1.82, 2.24) is 4.90 Å². The van der Waals surface area contributed by atoms with E-state index in [1.54, 1.807) is 0 Å². The molecule has 2 aromatic carbocycles. The second-order valence-corrected chi connectivity index (χ2v) is 8.52. The molecule has 0 radical (unpaired) electrons. The van der Waals surface area contributed by atoms with Crippen molar-refractivity contribution in [3.8, 4) is 0 Å². The first kappa shape index (κ1) is 22.0. The number of hydrogen-bond donors (Lipinski definition) is 2. The predicted octanol–water partition coefficient (Wildman–Crippen LogP) is 4.17. The highest BCUT2D eigenvalue weighted by atomic mass is 16.7. The summed E-state index contributed by atoms with van der Waals surface area (Å²) in [6.45, 7) is 4.68. The van der Waals surface area contributed by atoms with Gasteiger partial charge in [-0.15, -0.1) is 0 Å². The predicted molar refractivity (Wildman–Crippen MR) is 119 cm³/mol. The van der Waals surface area contributed by atoms with Crippen LogP contribution in [0.15, 0.2) is 48.5 Å². The van der Waals surface area contributed by atoms with Gasteiger partial charge in [-0.1, -0.05) is 42.8 Å². The summed E-state index contributed by atoms with van der Waals surface area (Å²) in [5.74, 6) is -0.104. The maximum absolute atomic E-state index is 11.5. The van der Waals surface area contributed by atoms with Gasteiger partial charge >= 0.3 is 0 Å². The lowest BCUT2D eigenvalue weighted by atomic mass is 9.99. The Morgan fingerprint density at radius 2 is 1.84 bits per heavy atom. The largest absolute Gasteiger partial charge is 0.392 e. The molecule has 2 aliphatic heterocycles. The molecule has 0 aliphatic carbocycles. The number of aliphatic hydroxyl groups excluding tert-OH is 1. The highest BCUT2D eigenvalue weighted by Gasteiger charge is 2.33. The average molecular weight is 425 g/mol. The van der Waals surface area contributed by atoms with Crippen LogP contribution in [0.1, 0.15) is 61.7 Å². The van der Waals surface area contributed by atoms with E-state index in [0.717, 1.165) is 48.4 Å². The number of nitrogens with zero attached hydrogens (tertiary/aromatic N) is 1. The Hall–Kier alpha value is -2.25. The number of amides is 1. The highest BCUT2D eigenvalue weighted by molar-refractivity contribution is 5.88. The summed E-state index contributed by atoms with van der Waals surface area (Å²) in [5, 5.41) is 12.2. The molecular weight excluding hydrogens is 392 g/mol. The average Bonchev–Trinajstić information content (AvgIpc) is 2.79. The monoisotopic (exact) mass is 424 g/mol. The van der Waals surface area contributed by atoms with Crippen LogP contribution >= 0.6 is 0 Å². The maximum atomic E-state index is 11.5. The summed E-state index contributed by atoms with van der Waals surface area (Å²) in [7, 11) is 0. The second kappa shape index (κ2) is 10.4. The minimum atomic E-state index is -0.500. The highest BCUT2D eigenvalue weighted by Crippen LogP contribution is 2.38. The third kappa shape index (κ3) is 5.92. The summed E-state index contributed by atoms with van der Waals surface area (Å²) in [6, 6.07) is 15.6. The van der Waals surface area contributed by atoms with Crippen molar-refractivity contribution in [2.24, 2.45) is 0 Å². The van der Waals surface area contributed by atoms with E-state index in [1.165, 1.54) is 26.2 Å². The van der Waals surface area contributed by atoms with Gasteiger partial charge in [0.15, 0.2) is 6.29 Å². The molecule has 6 nitrogen and oxygen atoms in total. The summed E-state index contributed by atoms with van der Waals surface area (Å²) < 4.78 is 12.8. The van der Waals surface area contributed by atoms with E-state index in [-0.39, 0.29) is 24.7 Å². The van der Waals surface area contributed by atoms with Crippen LogP contribution in [-0.4, -0.2) is 41.7 Å². The van der Waals surface area contributed by atoms with Crippen LogP contribution in [0.4, 0.5) is 5.69 Å². The first-order chi connectivity index (χ1) is 15.1. The Morgan fingerprint density at radius 1 is 1.06 bits per heavy atom. The smallest absolute Gasteiger partial charge is 0.221 e. The first-order valence-electron chi connectivity index (χ1n) is 11.2. The van der Waals surface area contributed by atoms with Crippen LogP contribution in [0, 0.1) is 0 Å². The van der Waals surface area contributed by atoms with Gasteiger partial charge in [-0.25, -0.2) is 0 Å². The van der Waals surface area contributed by atoms with Crippen LogP contribution in [0.5, 0.6) is 0 Å². The lowest BCUT2D eigenvalue weighted by Gasteiger charge is -2.39. The lowest BCUT2D eigenvalue weighted by Crippen LogP contribution is -2.41. The van der Waals surface area contributed by atoms with E-state index < -0.39 is 6.29 Å². The van der Waals surface area contributed by atoms with E-state index in [2.05, 4.69) is 10.2 Å². The van der Waals surface area contributed by atoms with Gasteiger partial charge in [-0.2, -0.15) is 0 Å². The summed E-state index contributed by atoms with van der Waals surface area (Å²) in [5.41, 5.74) is 3.61. The first-order valence-corrected chi connectivity index (χ1v) is 11.2. The van der Waals surface area contributed by atoms with Crippen molar-refractivity contribution in [2.75, 3.05) is 25.0 Å². The summed E-state index contributed by atoms with van der Waals surface area (Å²) in [4.78, 5) is 14.0. The van der Waals surface area contributed by atoms with E-state index >= 15 is 0 Å². The third-order valence-corrected chi connectivity index (χ3v) is 6.00. The molecule has 4 rings (SSSR count). The standard InChI is InChI=1S/C25H32N2O4/c1-18(29)26-22-7-5-6-21(14-22)25-30-23(16-27-12-3-2-4-13-27)15-24(31-25)20-10-8-19(17-28)9-11-20/h5-11,14,23-25,28H,2-4,12-13,15-17H2,1H3,(H,26,29). The number of nitrogens with one attached hydrogen (secondary N) is 1. The van der Waals surface area contributed by atoms with Gasteiger partial charge in [-0.05, 0) is 49.2 Å². The zero-order valence-corrected chi connectivity index (χ0v) is 18.1. The number of piperidine rings is 1. The van der Waals surface area contributed by atoms with E-state index in [4.69, 9.17) is 9.47 Å². The summed E-state index contributed by atoms with van der Waals surface area (Å²) in [6.07, 6.45) is 4.06. The number of benzene rings is 2. The molecule has 2 saturated heterocycles. The zero-order chi connectivity index (χ0) is 21.6. The van der Waals surface area contributed by atoms with E-state index in [1.807, 2.05) is 48.5 Å².